The molecule has 0 amide bonds. The van der Waals surface area contributed by atoms with Crippen molar-refractivity contribution in [3.63, 3.8) is 0 Å². The van der Waals surface area contributed by atoms with Crippen molar-refractivity contribution in [1.29, 1.82) is 0 Å². The second-order valence-electron chi connectivity index (χ2n) is 4.63. The largest absolute Gasteiger partial charge is 0.497 e. The highest BCUT2D eigenvalue weighted by molar-refractivity contribution is 9.08. The van der Waals surface area contributed by atoms with E-state index < -0.39 is 0 Å². The van der Waals surface area contributed by atoms with Crippen molar-refractivity contribution in [2.24, 2.45) is 0 Å². The molecule has 3 rings (SSSR count). The molecule has 0 atom stereocenters. The van der Waals surface area contributed by atoms with Crippen LogP contribution in [0.2, 0.25) is 0 Å². The third-order valence-corrected chi connectivity index (χ3v) is 3.96. The van der Waals surface area contributed by atoms with E-state index in [4.69, 9.17) is 9.15 Å². The first-order valence-corrected chi connectivity index (χ1v) is 7.61. The lowest BCUT2D eigenvalue weighted by molar-refractivity contribution is 0.415. The van der Waals surface area contributed by atoms with Crippen LogP contribution in [0.5, 0.6) is 5.75 Å². The molecule has 21 heavy (non-hydrogen) atoms. The van der Waals surface area contributed by atoms with Gasteiger partial charge in [-0.1, -0.05) is 28.1 Å². The lowest BCUT2D eigenvalue weighted by Crippen LogP contribution is -2.01. The maximum Gasteiger partial charge on any atom is 0.193 e. The van der Waals surface area contributed by atoms with Gasteiger partial charge in [-0.05, 0) is 30.3 Å². The summed E-state index contributed by atoms with van der Waals surface area (Å²) in [6, 6.07) is 14.6. The monoisotopic (exact) mass is 344 g/mol. The fourth-order valence-electron chi connectivity index (χ4n) is 2.24. The van der Waals surface area contributed by atoms with Gasteiger partial charge < -0.3 is 9.15 Å². The van der Waals surface area contributed by atoms with Crippen molar-refractivity contribution in [2.45, 2.75) is 5.33 Å². The lowest BCUT2D eigenvalue weighted by atomic mass is 10.1. The summed E-state index contributed by atoms with van der Waals surface area (Å²) in [7, 11) is 1.62. The van der Waals surface area contributed by atoms with E-state index in [0.29, 0.717) is 22.1 Å². The van der Waals surface area contributed by atoms with E-state index in [9.17, 15) is 4.79 Å². The van der Waals surface area contributed by atoms with Crippen LogP contribution in [0.25, 0.3) is 22.3 Å². The summed E-state index contributed by atoms with van der Waals surface area (Å²) in [5, 5.41) is 1.24. The smallest absolute Gasteiger partial charge is 0.193 e. The Kier molecular flexibility index (Phi) is 3.80. The van der Waals surface area contributed by atoms with Gasteiger partial charge in [0.05, 0.1) is 12.5 Å². The van der Waals surface area contributed by atoms with Crippen LogP contribution in [-0.4, -0.2) is 7.11 Å². The summed E-state index contributed by atoms with van der Waals surface area (Å²) in [5.74, 6) is 1.33. The number of fused-ring (bicyclic) bond motifs is 1. The van der Waals surface area contributed by atoms with Crippen LogP contribution in [0.4, 0.5) is 0 Å². The molecule has 3 aromatic rings. The number of alkyl halides is 1. The van der Waals surface area contributed by atoms with Crippen molar-refractivity contribution in [3.8, 4) is 17.1 Å². The number of rotatable bonds is 3. The highest BCUT2D eigenvalue weighted by Gasteiger charge is 2.10. The zero-order valence-electron chi connectivity index (χ0n) is 11.4. The standard InChI is InChI=1S/C17H13BrO3/c1-20-13-7-5-11(6-8-13)16-9-15(19)14-4-2-3-12(10-18)17(14)21-16/h2-9H,10H2,1H3. The molecule has 0 saturated heterocycles. The Bertz CT molecular complexity index is 835. The molecule has 0 unspecified atom stereocenters. The van der Waals surface area contributed by atoms with Crippen LogP contribution in [0.1, 0.15) is 5.56 Å². The first-order valence-electron chi connectivity index (χ1n) is 6.49. The van der Waals surface area contributed by atoms with Gasteiger partial charge in [-0.25, -0.2) is 0 Å². The third kappa shape index (κ3) is 2.59. The van der Waals surface area contributed by atoms with Gasteiger partial charge in [0.25, 0.3) is 0 Å². The highest BCUT2D eigenvalue weighted by Crippen LogP contribution is 2.26. The average Bonchev–Trinajstić information content (AvgIpc) is 2.54. The van der Waals surface area contributed by atoms with Gasteiger partial charge in [0.2, 0.25) is 0 Å². The van der Waals surface area contributed by atoms with Crippen molar-refractivity contribution < 1.29 is 9.15 Å². The molecule has 1 aromatic heterocycles. The fourth-order valence-corrected chi connectivity index (χ4v) is 2.68. The molecule has 0 N–H and O–H groups in total. The Labute approximate surface area is 130 Å². The van der Waals surface area contributed by atoms with Crippen LogP contribution in [-0.2, 0) is 5.33 Å². The van der Waals surface area contributed by atoms with E-state index in [1.165, 1.54) is 6.07 Å². The van der Waals surface area contributed by atoms with E-state index >= 15 is 0 Å². The topological polar surface area (TPSA) is 39.4 Å². The molecule has 0 bridgehead atoms. The molecule has 0 aliphatic carbocycles. The number of hydrogen-bond donors (Lipinski definition) is 0. The van der Waals surface area contributed by atoms with Gasteiger partial charge in [-0.3, -0.25) is 4.79 Å². The average molecular weight is 345 g/mol. The molecule has 0 aliphatic rings. The van der Waals surface area contributed by atoms with E-state index in [1.54, 1.807) is 13.2 Å². The van der Waals surface area contributed by atoms with Crippen LogP contribution in [0.15, 0.2) is 57.7 Å². The van der Waals surface area contributed by atoms with Gasteiger partial charge in [0, 0.05) is 22.5 Å². The number of ether oxygens (including phenoxy) is 1. The van der Waals surface area contributed by atoms with Gasteiger partial charge in [0.1, 0.15) is 17.1 Å². The third-order valence-electron chi connectivity index (χ3n) is 3.35. The van der Waals surface area contributed by atoms with Gasteiger partial charge in [-0.2, -0.15) is 0 Å². The summed E-state index contributed by atoms with van der Waals surface area (Å²) >= 11 is 3.42. The summed E-state index contributed by atoms with van der Waals surface area (Å²) in [6.45, 7) is 0. The second-order valence-corrected chi connectivity index (χ2v) is 5.19. The molecular formula is C17H13BrO3. The molecular weight excluding hydrogens is 332 g/mol. The zero-order chi connectivity index (χ0) is 14.8. The number of para-hydroxylation sites is 1. The van der Waals surface area contributed by atoms with Crippen molar-refractivity contribution in [1.82, 2.24) is 0 Å². The Morgan fingerprint density at radius 1 is 1.14 bits per heavy atom. The zero-order valence-corrected chi connectivity index (χ0v) is 13.0. The minimum absolute atomic E-state index is 0.0372. The van der Waals surface area contributed by atoms with Crippen LogP contribution in [0, 0.1) is 0 Å². The minimum atomic E-state index is -0.0372. The van der Waals surface area contributed by atoms with Crippen LogP contribution < -0.4 is 10.2 Å². The molecule has 106 valence electrons. The molecule has 0 radical (unpaired) electrons. The van der Waals surface area contributed by atoms with E-state index in [-0.39, 0.29) is 5.43 Å². The summed E-state index contributed by atoms with van der Waals surface area (Å²) in [5.41, 5.74) is 2.40. The summed E-state index contributed by atoms with van der Waals surface area (Å²) < 4.78 is 11.1. The normalized spacial score (nSPS) is 10.8. The SMILES string of the molecule is COc1ccc(-c2cc(=O)c3cccc(CBr)c3o2)cc1. The van der Waals surface area contributed by atoms with Gasteiger partial charge >= 0.3 is 0 Å². The number of methoxy groups -OCH3 is 1. The maximum atomic E-state index is 12.3. The van der Waals surface area contributed by atoms with E-state index in [1.807, 2.05) is 36.4 Å². The molecule has 0 fully saturated rings. The second kappa shape index (κ2) is 5.74. The predicted molar refractivity (Wildman–Crippen MR) is 87.1 cm³/mol. The lowest BCUT2D eigenvalue weighted by Gasteiger charge is -2.06. The number of hydrogen-bond acceptors (Lipinski definition) is 3. The summed E-state index contributed by atoms with van der Waals surface area (Å²) in [6.07, 6.45) is 0. The number of halogens is 1. The van der Waals surface area contributed by atoms with Crippen LogP contribution >= 0.6 is 15.9 Å². The molecule has 2 aromatic carbocycles. The molecule has 0 spiro atoms. The predicted octanol–water partition coefficient (Wildman–Crippen LogP) is 4.36. The Hall–Kier alpha value is -2.07. The molecule has 0 aliphatic heterocycles. The Balaban J connectivity index is 2.21. The quantitative estimate of drug-likeness (QED) is 0.662. The first kappa shape index (κ1) is 13.9. The van der Waals surface area contributed by atoms with Gasteiger partial charge in [0.15, 0.2) is 5.43 Å². The van der Waals surface area contributed by atoms with Crippen molar-refractivity contribution >= 4 is 26.9 Å². The maximum absolute atomic E-state index is 12.3. The number of benzene rings is 2. The highest BCUT2D eigenvalue weighted by atomic mass is 79.9. The minimum Gasteiger partial charge on any atom is -0.497 e. The van der Waals surface area contributed by atoms with Crippen molar-refractivity contribution in [2.75, 3.05) is 7.11 Å². The van der Waals surface area contributed by atoms with Crippen LogP contribution in [0.3, 0.4) is 0 Å². The first-order chi connectivity index (χ1) is 10.2. The van der Waals surface area contributed by atoms with Gasteiger partial charge in [-0.15, -0.1) is 0 Å². The fraction of sp³-hybridized carbons (Fsp3) is 0.118. The molecule has 4 heteroatoms. The molecule has 3 nitrogen and oxygen atoms in total. The summed E-state index contributed by atoms with van der Waals surface area (Å²) in [4.78, 5) is 12.3. The Morgan fingerprint density at radius 3 is 2.57 bits per heavy atom. The van der Waals surface area contributed by atoms with E-state index in [2.05, 4.69) is 15.9 Å². The molecule has 0 saturated carbocycles. The Morgan fingerprint density at radius 2 is 1.90 bits per heavy atom. The van der Waals surface area contributed by atoms with E-state index in [0.717, 1.165) is 16.9 Å². The molecule has 1 heterocycles. The van der Waals surface area contributed by atoms with Crippen molar-refractivity contribution in [3.05, 3.63) is 64.3 Å².